The fourth-order valence-electron chi connectivity index (χ4n) is 0.400. The Labute approximate surface area is 68.7 Å². The zero-order valence-corrected chi connectivity index (χ0v) is 7.45. The first-order valence-electron chi connectivity index (χ1n) is 4.05. The van der Waals surface area contributed by atoms with Gasteiger partial charge < -0.3 is 15.3 Å². The second kappa shape index (κ2) is 12.5. The minimum atomic E-state index is -0.167. The Kier molecular flexibility index (Phi) is 15.4. The topological polar surface area (TPSA) is 60.7 Å². The molecule has 0 heterocycles. The van der Waals surface area contributed by atoms with Crippen molar-refractivity contribution < 1.29 is 15.3 Å². The first-order chi connectivity index (χ1) is 5.15. The SMILES string of the molecule is CC(C)O.OCCCCCO. The van der Waals surface area contributed by atoms with E-state index in [0.29, 0.717) is 0 Å². The lowest BCUT2D eigenvalue weighted by molar-refractivity contribution is 0.216. The van der Waals surface area contributed by atoms with Crippen LogP contribution in [0, 0.1) is 0 Å². The second-order valence-corrected chi connectivity index (χ2v) is 2.60. The third-order valence-electron chi connectivity index (χ3n) is 0.816. The quantitative estimate of drug-likeness (QED) is 0.531. The minimum Gasteiger partial charge on any atom is -0.396 e. The summed E-state index contributed by atoms with van der Waals surface area (Å²) in [5, 5.41) is 24.5. The molecule has 0 saturated heterocycles. The number of aliphatic hydroxyl groups excluding tert-OH is 3. The second-order valence-electron chi connectivity index (χ2n) is 2.60. The van der Waals surface area contributed by atoms with Crippen molar-refractivity contribution in [1.29, 1.82) is 0 Å². The van der Waals surface area contributed by atoms with E-state index in [-0.39, 0.29) is 19.3 Å². The van der Waals surface area contributed by atoms with Crippen LogP contribution >= 0.6 is 0 Å². The third-order valence-corrected chi connectivity index (χ3v) is 0.816. The fourth-order valence-corrected chi connectivity index (χ4v) is 0.400. The van der Waals surface area contributed by atoms with Gasteiger partial charge in [0.2, 0.25) is 0 Å². The normalized spacial score (nSPS) is 9.27. The molecule has 0 aliphatic rings. The van der Waals surface area contributed by atoms with Crippen molar-refractivity contribution >= 4 is 0 Å². The minimum absolute atomic E-state index is 0.167. The summed E-state index contributed by atoms with van der Waals surface area (Å²) >= 11 is 0. The molecule has 70 valence electrons. The van der Waals surface area contributed by atoms with E-state index in [2.05, 4.69) is 0 Å². The van der Waals surface area contributed by atoms with Gasteiger partial charge >= 0.3 is 0 Å². The largest absolute Gasteiger partial charge is 0.396 e. The number of rotatable bonds is 4. The van der Waals surface area contributed by atoms with Gasteiger partial charge in [-0.1, -0.05) is 0 Å². The summed E-state index contributed by atoms with van der Waals surface area (Å²) in [6.07, 6.45) is 2.41. The number of aliphatic hydroxyl groups is 3. The van der Waals surface area contributed by atoms with E-state index in [1.165, 1.54) is 0 Å². The van der Waals surface area contributed by atoms with Crippen LogP contribution in [0.4, 0.5) is 0 Å². The van der Waals surface area contributed by atoms with E-state index in [1.807, 2.05) is 0 Å². The van der Waals surface area contributed by atoms with E-state index in [0.717, 1.165) is 19.3 Å². The highest BCUT2D eigenvalue weighted by Gasteiger charge is 1.81. The highest BCUT2D eigenvalue weighted by Crippen LogP contribution is 1.90. The standard InChI is InChI=1S/C5H12O2.C3H8O/c6-4-2-1-3-5-7;1-3(2)4/h6-7H,1-5H2;3-4H,1-2H3. The Balaban J connectivity index is 0. The van der Waals surface area contributed by atoms with E-state index in [1.54, 1.807) is 13.8 Å². The van der Waals surface area contributed by atoms with Crippen LogP contribution in [0.3, 0.4) is 0 Å². The van der Waals surface area contributed by atoms with Crippen molar-refractivity contribution in [2.75, 3.05) is 13.2 Å². The molecule has 0 amide bonds. The maximum Gasteiger partial charge on any atom is 0.0483 e. The molecular weight excluding hydrogens is 144 g/mol. The van der Waals surface area contributed by atoms with Gasteiger partial charge in [0, 0.05) is 19.3 Å². The van der Waals surface area contributed by atoms with Gasteiger partial charge in [-0.25, -0.2) is 0 Å². The Morgan fingerprint density at radius 3 is 1.36 bits per heavy atom. The van der Waals surface area contributed by atoms with Crippen LogP contribution in [-0.2, 0) is 0 Å². The predicted octanol–water partition coefficient (Wildman–Crippen LogP) is 0.528. The van der Waals surface area contributed by atoms with Crippen LogP contribution in [0.2, 0.25) is 0 Å². The van der Waals surface area contributed by atoms with Crippen molar-refractivity contribution in [3.05, 3.63) is 0 Å². The summed E-state index contributed by atoms with van der Waals surface area (Å²) in [4.78, 5) is 0. The molecule has 0 aromatic carbocycles. The lowest BCUT2D eigenvalue weighted by atomic mass is 10.2. The molecule has 0 rings (SSSR count). The highest BCUT2D eigenvalue weighted by molar-refractivity contribution is 4.35. The summed E-state index contributed by atoms with van der Waals surface area (Å²) in [6.45, 7) is 3.94. The van der Waals surface area contributed by atoms with Gasteiger partial charge in [-0.2, -0.15) is 0 Å². The zero-order valence-electron chi connectivity index (χ0n) is 7.45. The lowest BCUT2D eigenvalue weighted by Crippen LogP contribution is -1.85. The van der Waals surface area contributed by atoms with Crippen molar-refractivity contribution in [2.45, 2.75) is 39.2 Å². The average molecular weight is 164 g/mol. The molecule has 0 spiro atoms. The first-order valence-corrected chi connectivity index (χ1v) is 4.05. The van der Waals surface area contributed by atoms with Crippen molar-refractivity contribution in [2.24, 2.45) is 0 Å². The van der Waals surface area contributed by atoms with E-state index in [4.69, 9.17) is 15.3 Å². The average Bonchev–Trinajstić information content (AvgIpc) is 1.88. The first kappa shape index (κ1) is 13.5. The molecular formula is C8H20O3. The highest BCUT2D eigenvalue weighted by atomic mass is 16.3. The Morgan fingerprint density at radius 2 is 1.18 bits per heavy atom. The maximum absolute atomic E-state index is 8.21. The molecule has 0 bridgehead atoms. The third kappa shape index (κ3) is 40.8. The van der Waals surface area contributed by atoms with E-state index < -0.39 is 0 Å². The van der Waals surface area contributed by atoms with Crippen LogP contribution in [0.5, 0.6) is 0 Å². The summed E-state index contributed by atoms with van der Waals surface area (Å²) in [6, 6.07) is 0. The molecule has 3 N–H and O–H groups in total. The molecule has 0 unspecified atom stereocenters. The van der Waals surface area contributed by atoms with Gasteiger partial charge in [-0.3, -0.25) is 0 Å². The molecule has 3 nitrogen and oxygen atoms in total. The molecule has 0 aromatic rings. The van der Waals surface area contributed by atoms with E-state index >= 15 is 0 Å². The van der Waals surface area contributed by atoms with Gasteiger partial charge in [0.25, 0.3) is 0 Å². The molecule has 0 fully saturated rings. The van der Waals surface area contributed by atoms with Gasteiger partial charge in [0.15, 0.2) is 0 Å². The van der Waals surface area contributed by atoms with Crippen LogP contribution in [0.15, 0.2) is 0 Å². The predicted molar refractivity (Wildman–Crippen MR) is 45.4 cm³/mol. The molecule has 0 radical (unpaired) electrons. The molecule has 0 aliphatic heterocycles. The van der Waals surface area contributed by atoms with Gasteiger partial charge in [-0.15, -0.1) is 0 Å². The van der Waals surface area contributed by atoms with Crippen LogP contribution in [0.1, 0.15) is 33.1 Å². The molecule has 3 heteroatoms. The fraction of sp³-hybridized carbons (Fsp3) is 1.00. The van der Waals surface area contributed by atoms with Crippen LogP contribution < -0.4 is 0 Å². The Hall–Kier alpha value is -0.120. The van der Waals surface area contributed by atoms with Crippen LogP contribution in [-0.4, -0.2) is 34.6 Å². The Bertz CT molecular complexity index is 48.5. The number of hydrogen-bond acceptors (Lipinski definition) is 3. The monoisotopic (exact) mass is 164 g/mol. The summed E-state index contributed by atoms with van der Waals surface area (Å²) in [5.74, 6) is 0. The molecule has 0 saturated carbocycles. The van der Waals surface area contributed by atoms with Gasteiger partial charge in [0.05, 0.1) is 0 Å². The smallest absolute Gasteiger partial charge is 0.0483 e. The maximum atomic E-state index is 8.21. The molecule has 0 aliphatic carbocycles. The summed E-state index contributed by atoms with van der Waals surface area (Å²) < 4.78 is 0. The summed E-state index contributed by atoms with van der Waals surface area (Å²) in [7, 11) is 0. The lowest BCUT2D eigenvalue weighted by Gasteiger charge is -1.90. The molecule has 0 atom stereocenters. The number of unbranched alkanes of at least 4 members (excludes halogenated alkanes) is 2. The van der Waals surface area contributed by atoms with E-state index in [9.17, 15) is 0 Å². The zero-order chi connectivity index (χ0) is 9.11. The molecule has 0 aromatic heterocycles. The van der Waals surface area contributed by atoms with Crippen molar-refractivity contribution in [1.82, 2.24) is 0 Å². The van der Waals surface area contributed by atoms with Gasteiger partial charge in [-0.05, 0) is 33.1 Å². The summed E-state index contributed by atoms with van der Waals surface area (Å²) in [5.41, 5.74) is 0. The Morgan fingerprint density at radius 1 is 0.909 bits per heavy atom. The van der Waals surface area contributed by atoms with Crippen LogP contribution in [0.25, 0.3) is 0 Å². The van der Waals surface area contributed by atoms with Gasteiger partial charge in [0.1, 0.15) is 0 Å². The molecule has 11 heavy (non-hydrogen) atoms. The number of hydrogen-bond donors (Lipinski definition) is 3. The van der Waals surface area contributed by atoms with Crippen molar-refractivity contribution in [3.63, 3.8) is 0 Å². The van der Waals surface area contributed by atoms with Crippen molar-refractivity contribution in [3.8, 4) is 0 Å².